The van der Waals surface area contributed by atoms with E-state index in [2.05, 4.69) is 59.2 Å². The van der Waals surface area contributed by atoms with E-state index in [9.17, 15) is 4.79 Å². The van der Waals surface area contributed by atoms with E-state index in [0.29, 0.717) is 5.56 Å². The van der Waals surface area contributed by atoms with Crippen molar-refractivity contribution in [3.05, 3.63) is 102 Å². The number of amides is 1. The molecule has 5 rings (SSSR count). The third-order valence-corrected chi connectivity index (χ3v) is 5.52. The second-order valence-corrected chi connectivity index (χ2v) is 7.16. The average molecular weight is 364 g/mol. The van der Waals surface area contributed by atoms with Crippen molar-refractivity contribution in [2.75, 3.05) is 0 Å². The summed E-state index contributed by atoms with van der Waals surface area (Å²) in [4.78, 5) is 11.5. The molecule has 1 heterocycles. The van der Waals surface area contributed by atoms with Gasteiger partial charge in [-0.05, 0) is 59.9 Å². The van der Waals surface area contributed by atoms with E-state index in [1.54, 1.807) is 12.1 Å². The first-order valence-electron chi connectivity index (χ1n) is 9.51. The standard InChI is InChI=1S/C25H20N2O/c26-25(28)19-10-13-20(14-11-19)27-23-15-12-17-6-4-5-9-21(17)22(23)16-24(27)18-7-2-1-3-8-18/h1-11,13-14,16H,12,15H2,(H2,26,28). The number of primary amides is 1. The molecule has 3 nitrogen and oxygen atoms in total. The molecule has 1 aliphatic rings. The minimum atomic E-state index is -0.404. The Kier molecular flexibility index (Phi) is 3.87. The monoisotopic (exact) mass is 364 g/mol. The van der Waals surface area contributed by atoms with Crippen LogP contribution < -0.4 is 5.73 Å². The molecule has 0 aliphatic heterocycles. The highest BCUT2D eigenvalue weighted by atomic mass is 16.1. The largest absolute Gasteiger partial charge is 0.366 e. The first-order valence-corrected chi connectivity index (χ1v) is 9.51. The minimum absolute atomic E-state index is 0.404. The zero-order valence-electron chi connectivity index (χ0n) is 15.4. The molecule has 0 spiro atoms. The molecule has 3 heteroatoms. The third-order valence-electron chi connectivity index (χ3n) is 5.52. The molecule has 28 heavy (non-hydrogen) atoms. The lowest BCUT2D eigenvalue weighted by atomic mass is 9.90. The number of hydrogen-bond acceptors (Lipinski definition) is 1. The Bertz CT molecular complexity index is 1170. The molecule has 136 valence electrons. The summed E-state index contributed by atoms with van der Waals surface area (Å²) in [5, 5.41) is 0. The molecule has 3 aromatic carbocycles. The Morgan fingerprint density at radius 2 is 1.50 bits per heavy atom. The first kappa shape index (κ1) is 16.6. The van der Waals surface area contributed by atoms with Crippen LogP contribution in [-0.2, 0) is 12.8 Å². The maximum Gasteiger partial charge on any atom is 0.248 e. The van der Waals surface area contributed by atoms with Crippen LogP contribution >= 0.6 is 0 Å². The van der Waals surface area contributed by atoms with Gasteiger partial charge in [0.05, 0.1) is 5.69 Å². The lowest BCUT2D eigenvalue weighted by Gasteiger charge is -2.20. The predicted molar refractivity (Wildman–Crippen MR) is 113 cm³/mol. The van der Waals surface area contributed by atoms with Gasteiger partial charge in [-0.3, -0.25) is 4.79 Å². The molecule has 0 saturated heterocycles. The molecule has 4 aromatic rings. The van der Waals surface area contributed by atoms with Crippen molar-refractivity contribution < 1.29 is 4.79 Å². The topological polar surface area (TPSA) is 48.0 Å². The first-order chi connectivity index (χ1) is 13.7. The normalized spacial score (nSPS) is 12.3. The number of rotatable bonds is 3. The molecular formula is C25H20N2O. The maximum absolute atomic E-state index is 11.5. The predicted octanol–water partition coefficient (Wildman–Crippen LogP) is 5.01. The summed E-state index contributed by atoms with van der Waals surface area (Å²) in [5.74, 6) is -0.404. The van der Waals surface area contributed by atoms with Gasteiger partial charge in [0.15, 0.2) is 0 Å². The van der Waals surface area contributed by atoms with E-state index in [1.807, 2.05) is 18.2 Å². The molecule has 0 atom stereocenters. The molecule has 2 N–H and O–H groups in total. The summed E-state index contributed by atoms with van der Waals surface area (Å²) >= 11 is 0. The Morgan fingerprint density at radius 3 is 2.25 bits per heavy atom. The summed E-state index contributed by atoms with van der Waals surface area (Å²) < 4.78 is 2.32. The van der Waals surface area contributed by atoms with Crippen LogP contribution in [0.4, 0.5) is 0 Å². The Balaban J connectivity index is 1.76. The van der Waals surface area contributed by atoms with E-state index in [-0.39, 0.29) is 0 Å². The second kappa shape index (κ2) is 6.54. The van der Waals surface area contributed by atoms with Gasteiger partial charge < -0.3 is 10.3 Å². The number of hydrogen-bond donors (Lipinski definition) is 1. The van der Waals surface area contributed by atoms with E-state index in [4.69, 9.17) is 5.73 Å². The highest BCUT2D eigenvalue weighted by Gasteiger charge is 2.23. The van der Waals surface area contributed by atoms with Crippen LogP contribution in [0.15, 0.2) is 84.9 Å². The molecule has 1 amide bonds. The number of fused-ring (bicyclic) bond motifs is 3. The Morgan fingerprint density at radius 1 is 0.786 bits per heavy atom. The fourth-order valence-electron chi connectivity index (χ4n) is 4.18. The molecule has 0 fully saturated rings. The number of nitrogens with two attached hydrogens (primary N) is 1. The summed E-state index contributed by atoms with van der Waals surface area (Å²) in [5.41, 5.74) is 14.6. The Hall–Kier alpha value is -3.59. The highest BCUT2D eigenvalue weighted by Crippen LogP contribution is 2.40. The molecule has 0 bridgehead atoms. The van der Waals surface area contributed by atoms with Gasteiger partial charge in [0.25, 0.3) is 0 Å². The van der Waals surface area contributed by atoms with Crippen molar-refractivity contribution in [3.63, 3.8) is 0 Å². The summed E-state index contributed by atoms with van der Waals surface area (Å²) in [6.07, 6.45) is 2.01. The van der Waals surface area contributed by atoms with Crippen molar-refractivity contribution in [3.8, 4) is 28.1 Å². The van der Waals surface area contributed by atoms with Gasteiger partial charge in [-0.1, -0.05) is 54.6 Å². The molecular weight excluding hydrogens is 344 g/mol. The molecule has 0 unspecified atom stereocenters. The third kappa shape index (κ3) is 2.64. The van der Waals surface area contributed by atoms with Crippen LogP contribution in [-0.4, -0.2) is 10.5 Å². The van der Waals surface area contributed by atoms with Gasteiger partial charge in [-0.2, -0.15) is 0 Å². The fourth-order valence-corrected chi connectivity index (χ4v) is 4.18. The van der Waals surface area contributed by atoms with Gasteiger partial charge >= 0.3 is 0 Å². The zero-order valence-corrected chi connectivity index (χ0v) is 15.4. The van der Waals surface area contributed by atoms with Crippen molar-refractivity contribution in [2.24, 2.45) is 5.73 Å². The molecule has 0 radical (unpaired) electrons. The zero-order chi connectivity index (χ0) is 19.1. The van der Waals surface area contributed by atoms with Crippen LogP contribution in [0.25, 0.3) is 28.1 Å². The number of aromatic nitrogens is 1. The highest BCUT2D eigenvalue weighted by molar-refractivity contribution is 5.93. The molecule has 1 aliphatic carbocycles. The SMILES string of the molecule is NC(=O)c1ccc(-n2c(-c3ccccc3)cc3c2CCc2ccccc2-3)cc1. The van der Waals surface area contributed by atoms with E-state index >= 15 is 0 Å². The van der Waals surface area contributed by atoms with Crippen LogP contribution in [0, 0.1) is 0 Å². The van der Waals surface area contributed by atoms with Crippen molar-refractivity contribution in [1.82, 2.24) is 4.57 Å². The summed E-state index contributed by atoms with van der Waals surface area (Å²) in [6.45, 7) is 0. The number of carbonyl (C=O) groups is 1. The van der Waals surface area contributed by atoms with Crippen LogP contribution in [0.3, 0.4) is 0 Å². The van der Waals surface area contributed by atoms with Gasteiger partial charge in [0.1, 0.15) is 0 Å². The van der Waals surface area contributed by atoms with E-state index < -0.39 is 5.91 Å². The van der Waals surface area contributed by atoms with E-state index in [0.717, 1.165) is 24.2 Å². The van der Waals surface area contributed by atoms with Gasteiger partial charge in [0, 0.05) is 22.5 Å². The fraction of sp³-hybridized carbons (Fsp3) is 0.0800. The lowest BCUT2D eigenvalue weighted by Crippen LogP contribution is -2.12. The van der Waals surface area contributed by atoms with Crippen LogP contribution in [0.1, 0.15) is 21.6 Å². The van der Waals surface area contributed by atoms with Crippen LogP contribution in [0.5, 0.6) is 0 Å². The maximum atomic E-state index is 11.5. The van der Waals surface area contributed by atoms with Crippen molar-refractivity contribution in [1.29, 1.82) is 0 Å². The molecule has 1 aromatic heterocycles. The summed E-state index contributed by atoms with van der Waals surface area (Å²) in [7, 11) is 0. The smallest absolute Gasteiger partial charge is 0.248 e. The average Bonchev–Trinajstić information content (AvgIpc) is 3.14. The van der Waals surface area contributed by atoms with Crippen molar-refractivity contribution in [2.45, 2.75) is 12.8 Å². The lowest BCUT2D eigenvalue weighted by molar-refractivity contribution is 0.100. The quantitative estimate of drug-likeness (QED) is 0.546. The van der Waals surface area contributed by atoms with Gasteiger partial charge in [0.2, 0.25) is 5.91 Å². The number of nitrogens with zero attached hydrogens (tertiary/aromatic N) is 1. The van der Waals surface area contributed by atoms with Gasteiger partial charge in [-0.25, -0.2) is 0 Å². The number of carbonyl (C=O) groups excluding carboxylic acids is 1. The summed E-state index contributed by atoms with van der Waals surface area (Å²) in [6, 6.07) is 29.0. The minimum Gasteiger partial charge on any atom is -0.366 e. The second-order valence-electron chi connectivity index (χ2n) is 7.16. The van der Waals surface area contributed by atoms with E-state index in [1.165, 1.54) is 27.9 Å². The Labute approximate surface area is 164 Å². The molecule has 0 saturated carbocycles. The van der Waals surface area contributed by atoms with Crippen LogP contribution in [0.2, 0.25) is 0 Å². The number of aryl methyl sites for hydroxylation is 1. The van der Waals surface area contributed by atoms with Gasteiger partial charge in [-0.15, -0.1) is 0 Å². The number of benzene rings is 3. The van der Waals surface area contributed by atoms with Crippen molar-refractivity contribution >= 4 is 5.91 Å².